The van der Waals surface area contributed by atoms with Crippen LogP contribution in [0.15, 0.2) is 0 Å². The Morgan fingerprint density at radius 2 is 1.57 bits per heavy atom. The van der Waals surface area contributed by atoms with Gasteiger partial charge in [0.25, 0.3) is 0 Å². The summed E-state index contributed by atoms with van der Waals surface area (Å²) in [5.41, 5.74) is 0. The van der Waals surface area contributed by atoms with Gasteiger partial charge in [0.2, 0.25) is 0 Å². The van der Waals surface area contributed by atoms with Crippen LogP contribution in [0.4, 0.5) is 30.7 Å². The van der Waals surface area contributed by atoms with Gasteiger partial charge in [0.1, 0.15) is 6.10 Å². The average Bonchev–Trinajstić information content (AvgIpc) is 2.36. The Morgan fingerprint density at radius 1 is 1.04 bits per heavy atom. The van der Waals surface area contributed by atoms with Crippen molar-refractivity contribution >= 4 is 5.97 Å². The van der Waals surface area contributed by atoms with Gasteiger partial charge >= 0.3 is 24.0 Å². The van der Waals surface area contributed by atoms with E-state index in [1.807, 2.05) is 0 Å². The van der Waals surface area contributed by atoms with Crippen LogP contribution in [-0.2, 0) is 9.53 Å². The Bertz CT molecular complexity index is 431. The Labute approximate surface area is 129 Å². The third-order valence-corrected chi connectivity index (χ3v) is 4.23. The van der Waals surface area contributed by atoms with Crippen LogP contribution in [0.5, 0.6) is 0 Å². The summed E-state index contributed by atoms with van der Waals surface area (Å²) < 4.78 is 93.1. The second-order valence-electron chi connectivity index (χ2n) is 6.42. The molecule has 1 aliphatic rings. The molecular weight excluding hydrogens is 333 g/mol. The van der Waals surface area contributed by atoms with Crippen LogP contribution in [0.2, 0.25) is 0 Å². The summed E-state index contributed by atoms with van der Waals surface area (Å²) in [6.07, 6.45) is -6.22. The molecule has 0 amide bonds. The quantitative estimate of drug-likeness (QED) is 0.535. The van der Waals surface area contributed by atoms with Gasteiger partial charge in [0.05, 0.1) is 0 Å². The molecule has 1 saturated carbocycles. The molecular formula is C14H19F7O2. The minimum Gasteiger partial charge on any atom is -0.457 e. The van der Waals surface area contributed by atoms with Crippen LogP contribution in [0.3, 0.4) is 0 Å². The Morgan fingerprint density at radius 3 is 2.00 bits per heavy atom. The highest BCUT2D eigenvalue weighted by Crippen LogP contribution is 2.47. The first kappa shape index (κ1) is 20.0. The molecule has 2 nitrogen and oxygen atoms in total. The monoisotopic (exact) mass is 352 g/mol. The largest absolute Gasteiger partial charge is 0.460 e. The number of hydrogen-bond donors (Lipinski definition) is 0. The Balaban J connectivity index is 2.95. The lowest BCUT2D eigenvalue weighted by atomic mass is 9.75. The molecule has 0 N–H and O–H groups in total. The fourth-order valence-electron chi connectivity index (χ4n) is 2.77. The maximum absolute atomic E-state index is 13.3. The van der Waals surface area contributed by atoms with Gasteiger partial charge in [-0.2, -0.15) is 30.7 Å². The fraction of sp³-hybridized carbons (Fsp3) is 0.929. The zero-order valence-corrected chi connectivity index (χ0v) is 12.9. The number of halogens is 7. The molecule has 136 valence electrons. The summed E-state index contributed by atoms with van der Waals surface area (Å²) in [4.78, 5) is 11.3. The molecule has 0 radical (unpaired) electrons. The zero-order valence-electron chi connectivity index (χ0n) is 12.9. The maximum atomic E-state index is 13.3. The first-order valence-electron chi connectivity index (χ1n) is 7.25. The number of ether oxygens (including phenoxy) is 1. The summed E-state index contributed by atoms with van der Waals surface area (Å²) in [7, 11) is 0. The van der Waals surface area contributed by atoms with Crippen molar-refractivity contribution < 1.29 is 40.3 Å². The van der Waals surface area contributed by atoms with E-state index < -0.39 is 30.1 Å². The van der Waals surface area contributed by atoms with Crippen molar-refractivity contribution in [3.63, 3.8) is 0 Å². The predicted octanol–water partition coefficient (Wildman–Crippen LogP) is 4.82. The SMILES string of the molecule is CC(C)[C@@H]1CC[C@@H](C)C[C@H]1OC(=O)C(F)(F)C(F)(F)C(F)(F)F. The summed E-state index contributed by atoms with van der Waals surface area (Å²) >= 11 is 0. The lowest BCUT2D eigenvalue weighted by Crippen LogP contribution is -2.57. The molecule has 0 aromatic heterocycles. The molecule has 0 aromatic carbocycles. The van der Waals surface area contributed by atoms with Gasteiger partial charge in [0.15, 0.2) is 0 Å². The van der Waals surface area contributed by atoms with Gasteiger partial charge in [-0.25, -0.2) is 4.79 Å². The van der Waals surface area contributed by atoms with Crippen molar-refractivity contribution in [2.24, 2.45) is 17.8 Å². The highest BCUT2D eigenvalue weighted by Gasteiger charge is 2.77. The topological polar surface area (TPSA) is 26.3 Å². The number of alkyl halides is 7. The van der Waals surface area contributed by atoms with Crippen molar-refractivity contribution in [1.29, 1.82) is 0 Å². The van der Waals surface area contributed by atoms with Gasteiger partial charge in [-0.1, -0.05) is 27.2 Å². The number of carbonyl (C=O) groups is 1. The third kappa shape index (κ3) is 3.91. The van der Waals surface area contributed by atoms with Crippen molar-refractivity contribution in [3.8, 4) is 0 Å². The van der Waals surface area contributed by atoms with Crippen molar-refractivity contribution in [1.82, 2.24) is 0 Å². The van der Waals surface area contributed by atoms with Crippen LogP contribution >= 0.6 is 0 Å². The molecule has 0 spiro atoms. The van der Waals surface area contributed by atoms with Gasteiger partial charge < -0.3 is 4.74 Å². The molecule has 0 heterocycles. The smallest absolute Gasteiger partial charge is 0.457 e. The number of carbonyl (C=O) groups excluding carboxylic acids is 1. The molecule has 0 unspecified atom stereocenters. The third-order valence-electron chi connectivity index (χ3n) is 4.23. The van der Waals surface area contributed by atoms with Crippen LogP contribution < -0.4 is 0 Å². The molecule has 0 aromatic rings. The first-order chi connectivity index (χ1) is 10.2. The van der Waals surface area contributed by atoms with E-state index in [4.69, 9.17) is 0 Å². The minimum atomic E-state index is -6.55. The van der Waals surface area contributed by atoms with Crippen molar-refractivity contribution in [3.05, 3.63) is 0 Å². The van der Waals surface area contributed by atoms with Gasteiger partial charge in [-0.15, -0.1) is 0 Å². The normalized spacial score (nSPS) is 27.2. The van der Waals surface area contributed by atoms with Crippen LogP contribution in [0, 0.1) is 17.8 Å². The van der Waals surface area contributed by atoms with E-state index in [2.05, 4.69) is 4.74 Å². The highest BCUT2D eigenvalue weighted by molar-refractivity contribution is 5.79. The second kappa shape index (κ2) is 6.47. The lowest BCUT2D eigenvalue weighted by molar-refractivity contribution is -0.349. The van der Waals surface area contributed by atoms with Gasteiger partial charge in [-0.05, 0) is 30.6 Å². The highest BCUT2D eigenvalue weighted by atomic mass is 19.4. The van der Waals surface area contributed by atoms with Crippen LogP contribution in [0.1, 0.15) is 40.0 Å². The van der Waals surface area contributed by atoms with E-state index in [1.54, 1.807) is 20.8 Å². The molecule has 0 saturated heterocycles. The molecule has 1 aliphatic carbocycles. The molecule has 0 aliphatic heterocycles. The number of hydrogen-bond acceptors (Lipinski definition) is 2. The van der Waals surface area contributed by atoms with Crippen LogP contribution in [0.25, 0.3) is 0 Å². The van der Waals surface area contributed by atoms with E-state index in [1.165, 1.54) is 0 Å². The minimum absolute atomic E-state index is 0.000418. The van der Waals surface area contributed by atoms with Crippen molar-refractivity contribution in [2.45, 2.75) is 64.2 Å². The summed E-state index contributed by atoms with van der Waals surface area (Å²) in [6, 6.07) is 0. The molecule has 23 heavy (non-hydrogen) atoms. The average molecular weight is 352 g/mol. The number of rotatable bonds is 4. The molecule has 1 rings (SSSR count). The predicted molar refractivity (Wildman–Crippen MR) is 67.2 cm³/mol. The van der Waals surface area contributed by atoms with E-state index in [0.717, 1.165) is 6.42 Å². The fourth-order valence-corrected chi connectivity index (χ4v) is 2.77. The van der Waals surface area contributed by atoms with E-state index >= 15 is 0 Å². The van der Waals surface area contributed by atoms with E-state index in [-0.39, 0.29) is 24.2 Å². The summed E-state index contributed by atoms with van der Waals surface area (Å²) in [5, 5.41) is 0. The first-order valence-corrected chi connectivity index (χ1v) is 7.25. The molecule has 3 atom stereocenters. The molecule has 0 bridgehead atoms. The lowest BCUT2D eigenvalue weighted by Gasteiger charge is -2.37. The second-order valence-corrected chi connectivity index (χ2v) is 6.42. The van der Waals surface area contributed by atoms with Crippen LogP contribution in [-0.4, -0.2) is 30.1 Å². The molecule has 1 fully saturated rings. The van der Waals surface area contributed by atoms with Gasteiger partial charge in [0, 0.05) is 0 Å². The Kier molecular flexibility index (Phi) is 5.63. The maximum Gasteiger partial charge on any atom is 0.460 e. The Hall–Kier alpha value is -1.02. The summed E-state index contributed by atoms with van der Waals surface area (Å²) in [5.74, 6) is -15.7. The standard InChI is InChI=1S/C14H19F7O2/c1-7(2)9-5-4-8(3)6-10(9)23-11(22)12(15,16)13(17,18)14(19,20)21/h7-10H,4-6H2,1-3H3/t8-,9+,10-/m1/s1. The van der Waals surface area contributed by atoms with Gasteiger partial charge in [-0.3, -0.25) is 0 Å². The zero-order chi connectivity index (χ0) is 18.2. The summed E-state index contributed by atoms with van der Waals surface area (Å²) in [6.45, 7) is 5.24. The number of esters is 1. The van der Waals surface area contributed by atoms with E-state index in [0.29, 0.717) is 6.42 Å². The van der Waals surface area contributed by atoms with E-state index in [9.17, 15) is 35.5 Å². The van der Waals surface area contributed by atoms with Crippen molar-refractivity contribution in [2.75, 3.05) is 0 Å². The molecule has 9 heteroatoms.